The van der Waals surface area contributed by atoms with E-state index in [4.69, 9.17) is 0 Å². The number of halogens is 1. The van der Waals surface area contributed by atoms with Gasteiger partial charge in [-0.1, -0.05) is 28.4 Å². The zero-order valence-electron chi connectivity index (χ0n) is 11.0. The molecule has 1 aromatic rings. The number of sulfonamides is 1. The molecule has 1 atom stereocenters. The van der Waals surface area contributed by atoms with Crippen LogP contribution in [0, 0.1) is 0 Å². The van der Waals surface area contributed by atoms with E-state index in [1.807, 2.05) is 13.1 Å². The number of rotatable bonds is 4. The standard InChI is InChI=1S/C13H19BrN2O2S/c1-15-10-12-6-2-3-8-16(12)19(17,18)13-7-4-5-11(14)9-13/h4-5,7,9,12,15H,2-3,6,8,10H2,1H3. The second kappa shape index (κ2) is 6.35. The maximum Gasteiger partial charge on any atom is 0.243 e. The molecule has 0 bridgehead atoms. The van der Waals surface area contributed by atoms with Crippen molar-refractivity contribution in [1.29, 1.82) is 0 Å². The van der Waals surface area contributed by atoms with E-state index >= 15 is 0 Å². The van der Waals surface area contributed by atoms with Crippen LogP contribution in [-0.4, -0.2) is 38.9 Å². The molecule has 0 amide bonds. The minimum absolute atomic E-state index is 0.0581. The van der Waals surface area contributed by atoms with E-state index in [0.717, 1.165) is 23.7 Å². The molecule has 1 fully saturated rings. The predicted molar refractivity (Wildman–Crippen MR) is 79.6 cm³/mol. The lowest BCUT2D eigenvalue weighted by molar-refractivity contribution is 0.249. The Balaban J connectivity index is 2.31. The molecular weight excluding hydrogens is 328 g/mol. The van der Waals surface area contributed by atoms with Gasteiger partial charge in [0.15, 0.2) is 0 Å². The summed E-state index contributed by atoms with van der Waals surface area (Å²) in [4.78, 5) is 0.366. The van der Waals surface area contributed by atoms with E-state index < -0.39 is 10.0 Å². The van der Waals surface area contributed by atoms with Crippen LogP contribution in [0.4, 0.5) is 0 Å². The molecule has 0 aliphatic carbocycles. The lowest BCUT2D eigenvalue weighted by atomic mass is 10.1. The first-order valence-corrected chi connectivity index (χ1v) is 8.71. The van der Waals surface area contributed by atoms with Crippen molar-refractivity contribution in [3.63, 3.8) is 0 Å². The van der Waals surface area contributed by atoms with Crippen molar-refractivity contribution in [2.45, 2.75) is 30.2 Å². The third-order valence-corrected chi connectivity index (χ3v) is 5.86. The van der Waals surface area contributed by atoms with Gasteiger partial charge in [-0.15, -0.1) is 0 Å². The van der Waals surface area contributed by atoms with Gasteiger partial charge in [0.25, 0.3) is 0 Å². The Morgan fingerprint density at radius 1 is 1.42 bits per heavy atom. The first-order valence-electron chi connectivity index (χ1n) is 6.47. The Morgan fingerprint density at radius 3 is 2.89 bits per heavy atom. The molecule has 0 radical (unpaired) electrons. The van der Waals surface area contributed by atoms with Crippen molar-refractivity contribution in [3.8, 4) is 0 Å². The number of hydrogen-bond acceptors (Lipinski definition) is 3. The minimum atomic E-state index is -3.39. The fourth-order valence-electron chi connectivity index (χ4n) is 2.49. The van der Waals surface area contributed by atoms with E-state index in [0.29, 0.717) is 18.0 Å². The summed E-state index contributed by atoms with van der Waals surface area (Å²) in [5, 5.41) is 3.09. The van der Waals surface area contributed by atoms with Crippen LogP contribution in [0.2, 0.25) is 0 Å². The SMILES string of the molecule is CNCC1CCCCN1S(=O)(=O)c1cccc(Br)c1. The lowest BCUT2D eigenvalue weighted by Gasteiger charge is -2.34. The molecule has 19 heavy (non-hydrogen) atoms. The molecule has 0 aromatic heterocycles. The Labute approximate surface area is 123 Å². The van der Waals surface area contributed by atoms with Gasteiger partial charge >= 0.3 is 0 Å². The van der Waals surface area contributed by atoms with Gasteiger partial charge in [-0.25, -0.2) is 8.42 Å². The molecule has 1 heterocycles. The Kier molecular flexibility index (Phi) is 5.00. The quantitative estimate of drug-likeness (QED) is 0.909. The van der Waals surface area contributed by atoms with E-state index in [1.165, 1.54) is 0 Å². The van der Waals surface area contributed by atoms with Gasteiger partial charge < -0.3 is 5.32 Å². The predicted octanol–water partition coefficient (Wildman–Crippen LogP) is 2.21. The molecule has 0 spiro atoms. The average Bonchev–Trinajstić information content (AvgIpc) is 2.39. The first-order chi connectivity index (χ1) is 9.05. The molecule has 4 nitrogen and oxygen atoms in total. The summed E-state index contributed by atoms with van der Waals surface area (Å²) in [6.07, 6.45) is 2.96. The van der Waals surface area contributed by atoms with Crippen LogP contribution in [0.15, 0.2) is 33.6 Å². The molecule has 1 aromatic carbocycles. The second-order valence-corrected chi connectivity index (χ2v) is 7.59. The zero-order valence-corrected chi connectivity index (χ0v) is 13.4. The van der Waals surface area contributed by atoms with Crippen LogP contribution >= 0.6 is 15.9 Å². The molecule has 1 aliphatic heterocycles. The van der Waals surface area contributed by atoms with Crippen molar-refractivity contribution in [2.75, 3.05) is 20.1 Å². The molecule has 1 saturated heterocycles. The summed E-state index contributed by atoms with van der Waals surface area (Å²) in [6, 6.07) is 6.97. The third kappa shape index (κ3) is 3.37. The third-order valence-electron chi connectivity index (χ3n) is 3.42. The summed E-state index contributed by atoms with van der Waals surface area (Å²) in [5.41, 5.74) is 0. The Bertz CT molecular complexity index is 531. The van der Waals surface area contributed by atoms with E-state index in [1.54, 1.807) is 22.5 Å². The Hall–Kier alpha value is -0.430. The van der Waals surface area contributed by atoms with Gasteiger partial charge in [-0.2, -0.15) is 4.31 Å². The maximum atomic E-state index is 12.7. The summed E-state index contributed by atoms with van der Waals surface area (Å²) in [5.74, 6) is 0. The molecule has 106 valence electrons. The average molecular weight is 347 g/mol. The molecule has 6 heteroatoms. The molecular formula is C13H19BrN2O2S. The van der Waals surface area contributed by atoms with Crippen LogP contribution in [0.1, 0.15) is 19.3 Å². The van der Waals surface area contributed by atoms with Crippen molar-refractivity contribution >= 4 is 26.0 Å². The lowest BCUT2D eigenvalue weighted by Crippen LogP contribution is -2.47. The number of hydrogen-bond donors (Lipinski definition) is 1. The molecule has 2 rings (SSSR count). The summed E-state index contributed by atoms with van der Waals surface area (Å²) < 4.78 is 27.8. The molecule has 1 N–H and O–H groups in total. The number of piperidine rings is 1. The van der Waals surface area contributed by atoms with Gasteiger partial charge in [0, 0.05) is 23.6 Å². The highest BCUT2D eigenvalue weighted by Crippen LogP contribution is 2.26. The van der Waals surface area contributed by atoms with E-state index in [2.05, 4.69) is 21.2 Å². The number of likely N-dealkylation sites (N-methyl/N-ethyl adjacent to an activating group) is 1. The number of nitrogens with zero attached hydrogens (tertiary/aromatic N) is 1. The topological polar surface area (TPSA) is 49.4 Å². The number of benzene rings is 1. The van der Waals surface area contributed by atoms with Crippen LogP contribution in [0.25, 0.3) is 0 Å². The summed E-state index contributed by atoms with van der Waals surface area (Å²) >= 11 is 3.33. The van der Waals surface area contributed by atoms with Crippen molar-refractivity contribution < 1.29 is 8.42 Å². The van der Waals surface area contributed by atoms with Crippen molar-refractivity contribution in [2.24, 2.45) is 0 Å². The molecule has 0 saturated carbocycles. The van der Waals surface area contributed by atoms with Crippen molar-refractivity contribution in [3.05, 3.63) is 28.7 Å². The number of nitrogens with one attached hydrogen (secondary N) is 1. The van der Waals surface area contributed by atoms with Gasteiger partial charge in [0.05, 0.1) is 4.90 Å². The van der Waals surface area contributed by atoms with Gasteiger partial charge in [0.1, 0.15) is 0 Å². The normalized spacial score (nSPS) is 21.5. The van der Waals surface area contributed by atoms with Crippen LogP contribution < -0.4 is 5.32 Å². The van der Waals surface area contributed by atoms with Crippen LogP contribution in [-0.2, 0) is 10.0 Å². The van der Waals surface area contributed by atoms with E-state index in [-0.39, 0.29) is 6.04 Å². The zero-order chi connectivity index (χ0) is 13.9. The van der Waals surface area contributed by atoms with Crippen LogP contribution in [0.5, 0.6) is 0 Å². The van der Waals surface area contributed by atoms with E-state index in [9.17, 15) is 8.42 Å². The minimum Gasteiger partial charge on any atom is -0.318 e. The van der Waals surface area contributed by atoms with Crippen LogP contribution in [0.3, 0.4) is 0 Å². The fraction of sp³-hybridized carbons (Fsp3) is 0.538. The van der Waals surface area contributed by atoms with Gasteiger partial charge in [-0.3, -0.25) is 0 Å². The second-order valence-electron chi connectivity index (χ2n) is 4.78. The highest BCUT2D eigenvalue weighted by molar-refractivity contribution is 9.10. The van der Waals surface area contributed by atoms with Gasteiger partial charge in [0.2, 0.25) is 10.0 Å². The molecule has 1 unspecified atom stereocenters. The Morgan fingerprint density at radius 2 is 2.21 bits per heavy atom. The highest BCUT2D eigenvalue weighted by atomic mass is 79.9. The smallest absolute Gasteiger partial charge is 0.243 e. The molecule has 1 aliphatic rings. The first kappa shape index (κ1) is 15.0. The maximum absolute atomic E-state index is 12.7. The van der Waals surface area contributed by atoms with Crippen molar-refractivity contribution in [1.82, 2.24) is 9.62 Å². The summed E-state index contributed by atoms with van der Waals surface area (Å²) in [6.45, 7) is 1.31. The largest absolute Gasteiger partial charge is 0.318 e. The monoisotopic (exact) mass is 346 g/mol. The fourth-order valence-corrected chi connectivity index (χ4v) is 4.78. The highest BCUT2D eigenvalue weighted by Gasteiger charge is 2.32. The summed E-state index contributed by atoms with van der Waals surface area (Å²) in [7, 11) is -1.53. The van der Waals surface area contributed by atoms with Gasteiger partial charge in [-0.05, 0) is 38.1 Å².